The normalized spacial score (nSPS) is 12.0. The van der Waals surface area contributed by atoms with Crippen molar-refractivity contribution in [2.45, 2.75) is 25.3 Å². The molecule has 0 saturated heterocycles. The molecule has 0 aliphatic rings. The average molecular weight is 188 g/mol. The van der Waals surface area contributed by atoms with E-state index in [0.29, 0.717) is 12.8 Å². The topological polar surface area (TPSA) is 86.3 Å². The lowest BCUT2D eigenvalue weighted by molar-refractivity contribution is -0.588. The molecule has 0 rings (SSSR count). The van der Waals surface area contributed by atoms with Gasteiger partial charge in [-0.3, -0.25) is 20.2 Å². The van der Waals surface area contributed by atoms with Crippen molar-refractivity contribution >= 4 is 0 Å². The molecule has 0 aliphatic heterocycles. The van der Waals surface area contributed by atoms with Crippen molar-refractivity contribution in [1.29, 1.82) is 0 Å². The van der Waals surface area contributed by atoms with Crippen LogP contribution in [0.25, 0.3) is 0 Å². The van der Waals surface area contributed by atoms with Gasteiger partial charge < -0.3 is 0 Å². The van der Waals surface area contributed by atoms with Gasteiger partial charge in [0.1, 0.15) is 0 Å². The van der Waals surface area contributed by atoms with Gasteiger partial charge in [-0.15, -0.1) is 6.58 Å². The summed E-state index contributed by atoms with van der Waals surface area (Å²) < 4.78 is 0. The van der Waals surface area contributed by atoms with Gasteiger partial charge in [-0.05, 0) is 12.8 Å². The van der Waals surface area contributed by atoms with E-state index in [-0.39, 0.29) is 6.42 Å². The molecule has 0 fully saturated rings. The molecule has 6 nitrogen and oxygen atoms in total. The molecule has 13 heavy (non-hydrogen) atoms. The van der Waals surface area contributed by atoms with E-state index in [1.165, 1.54) is 0 Å². The molecule has 0 aliphatic carbocycles. The summed E-state index contributed by atoms with van der Waals surface area (Å²) in [6, 6.07) is -1.06. The quantitative estimate of drug-likeness (QED) is 0.260. The van der Waals surface area contributed by atoms with Crippen LogP contribution >= 0.6 is 0 Å². The molecule has 6 heteroatoms. The third-order valence-corrected chi connectivity index (χ3v) is 1.60. The highest BCUT2D eigenvalue weighted by molar-refractivity contribution is 4.67. The van der Waals surface area contributed by atoms with Crippen LogP contribution in [-0.2, 0) is 0 Å². The Labute approximate surface area is 75.5 Å². The van der Waals surface area contributed by atoms with Crippen LogP contribution in [0.15, 0.2) is 12.7 Å². The van der Waals surface area contributed by atoms with E-state index < -0.39 is 22.4 Å². The minimum absolute atomic E-state index is 0.236. The molecular weight excluding hydrogens is 176 g/mol. The van der Waals surface area contributed by atoms with Crippen molar-refractivity contribution < 1.29 is 9.85 Å². The predicted octanol–water partition coefficient (Wildman–Crippen LogP) is 1.26. The monoisotopic (exact) mass is 188 g/mol. The van der Waals surface area contributed by atoms with Crippen LogP contribution in [0, 0.1) is 20.2 Å². The minimum atomic E-state index is -1.06. The van der Waals surface area contributed by atoms with Gasteiger partial charge in [-0.2, -0.15) is 0 Å². The third kappa shape index (κ3) is 5.77. The molecule has 0 bridgehead atoms. The van der Waals surface area contributed by atoms with Crippen molar-refractivity contribution in [3.8, 4) is 0 Å². The summed E-state index contributed by atoms with van der Waals surface area (Å²) in [5.41, 5.74) is 0. The molecule has 0 amide bonds. The van der Waals surface area contributed by atoms with Gasteiger partial charge in [0, 0.05) is 16.3 Å². The Kier molecular flexibility index (Phi) is 5.42. The van der Waals surface area contributed by atoms with Gasteiger partial charge >= 0.3 is 0 Å². The Morgan fingerprint density at radius 2 is 2.00 bits per heavy atom. The Morgan fingerprint density at radius 1 is 1.38 bits per heavy atom. The van der Waals surface area contributed by atoms with Crippen LogP contribution in [0.1, 0.15) is 19.3 Å². The first-order valence-electron chi connectivity index (χ1n) is 3.94. The van der Waals surface area contributed by atoms with E-state index in [1.807, 2.05) is 0 Å². The Hall–Kier alpha value is -1.46. The molecule has 74 valence electrons. The summed E-state index contributed by atoms with van der Waals surface area (Å²) in [6.07, 6.45) is 3.11. The lowest BCUT2D eigenvalue weighted by Gasteiger charge is -2.03. The lowest BCUT2D eigenvalue weighted by Crippen LogP contribution is -2.28. The highest BCUT2D eigenvalue weighted by Gasteiger charge is 2.25. The van der Waals surface area contributed by atoms with Gasteiger partial charge in [0.05, 0.1) is 0 Å². The summed E-state index contributed by atoms with van der Waals surface area (Å²) in [7, 11) is 0. The summed E-state index contributed by atoms with van der Waals surface area (Å²) in [4.78, 5) is 19.1. The Morgan fingerprint density at radius 3 is 2.38 bits per heavy atom. The van der Waals surface area contributed by atoms with E-state index in [0.717, 1.165) is 0 Å². The molecule has 0 aromatic carbocycles. The second-order valence-electron chi connectivity index (χ2n) is 2.67. The van der Waals surface area contributed by atoms with Gasteiger partial charge in [-0.25, -0.2) is 0 Å². The van der Waals surface area contributed by atoms with Crippen LogP contribution in [0.2, 0.25) is 0 Å². The second kappa shape index (κ2) is 6.10. The lowest BCUT2D eigenvalue weighted by atomic mass is 10.1. The van der Waals surface area contributed by atoms with Crippen molar-refractivity contribution in [3.05, 3.63) is 32.9 Å². The highest BCUT2D eigenvalue weighted by Crippen LogP contribution is 2.04. The van der Waals surface area contributed by atoms with Crippen LogP contribution < -0.4 is 0 Å². The zero-order valence-electron chi connectivity index (χ0n) is 7.22. The fourth-order valence-electron chi connectivity index (χ4n) is 0.933. The van der Waals surface area contributed by atoms with Gasteiger partial charge in [0.2, 0.25) is 0 Å². The summed E-state index contributed by atoms with van der Waals surface area (Å²) in [5.74, 6) is 0. The number of hydrogen-bond acceptors (Lipinski definition) is 4. The van der Waals surface area contributed by atoms with Crippen molar-refractivity contribution in [1.82, 2.24) is 0 Å². The Bertz CT molecular complexity index is 205. The van der Waals surface area contributed by atoms with Crippen LogP contribution in [-0.4, -0.2) is 22.4 Å². The maximum Gasteiger partial charge on any atom is 0.276 e. The largest absolute Gasteiger partial charge is 0.276 e. The second-order valence-corrected chi connectivity index (χ2v) is 2.67. The predicted molar refractivity (Wildman–Crippen MR) is 46.7 cm³/mol. The molecule has 0 radical (unpaired) electrons. The minimum Gasteiger partial charge on any atom is -0.264 e. The Balaban J connectivity index is 3.87. The number of rotatable bonds is 7. The SMILES string of the molecule is C=CCCCC(C[N+](=O)[O-])[N+](=O)[O-]. The first kappa shape index (κ1) is 11.5. The first-order chi connectivity index (χ1) is 6.07. The molecule has 1 atom stereocenters. The van der Waals surface area contributed by atoms with Crippen molar-refractivity contribution in [2.24, 2.45) is 0 Å². The van der Waals surface area contributed by atoms with Crippen molar-refractivity contribution in [2.75, 3.05) is 6.54 Å². The molecule has 0 N–H and O–H groups in total. The molecule has 0 aromatic rings. The average Bonchev–Trinajstić information content (AvgIpc) is 2.02. The third-order valence-electron chi connectivity index (χ3n) is 1.60. The van der Waals surface area contributed by atoms with E-state index in [4.69, 9.17) is 0 Å². The van der Waals surface area contributed by atoms with E-state index in [9.17, 15) is 20.2 Å². The first-order valence-corrected chi connectivity index (χ1v) is 3.94. The number of nitrogens with zero attached hydrogens (tertiary/aromatic N) is 2. The smallest absolute Gasteiger partial charge is 0.264 e. The van der Waals surface area contributed by atoms with E-state index >= 15 is 0 Å². The maximum atomic E-state index is 10.3. The number of unbranched alkanes of at least 4 members (excludes halogenated alkanes) is 1. The summed E-state index contributed by atoms with van der Waals surface area (Å²) in [5, 5.41) is 20.3. The summed E-state index contributed by atoms with van der Waals surface area (Å²) >= 11 is 0. The van der Waals surface area contributed by atoms with Crippen LogP contribution in [0.5, 0.6) is 0 Å². The van der Waals surface area contributed by atoms with Crippen LogP contribution in [0.3, 0.4) is 0 Å². The zero-order chi connectivity index (χ0) is 10.3. The highest BCUT2D eigenvalue weighted by atomic mass is 16.6. The number of allylic oxidation sites excluding steroid dienone is 1. The fraction of sp³-hybridized carbons (Fsp3) is 0.714. The van der Waals surface area contributed by atoms with E-state index in [1.54, 1.807) is 6.08 Å². The van der Waals surface area contributed by atoms with Gasteiger partial charge in [-0.1, -0.05) is 6.08 Å². The standard InChI is InChI=1S/C7H12N2O4/c1-2-3-4-5-7(9(12)13)6-8(10)11/h2,7H,1,3-6H2. The molecule has 0 saturated carbocycles. The maximum absolute atomic E-state index is 10.3. The number of hydrogen-bond donors (Lipinski definition) is 0. The van der Waals surface area contributed by atoms with Gasteiger partial charge in [0.25, 0.3) is 12.6 Å². The van der Waals surface area contributed by atoms with Crippen molar-refractivity contribution in [3.63, 3.8) is 0 Å². The van der Waals surface area contributed by atoms with E-state index in [2.05, 4.69) is 6.58 Å². The number of nitro groups is 2. The van der Waals surface area contributed by atoms with Gasteiger partial charge in [0.15, 0.2) is 0 Å². The summed E-state index contributed by atoms with van der Waals surface area (Å²) in [6.45, 7) is 2.87. The molecular formula is C7H12N2O4. The molecule has 1 unspecified atom stereocenters. The fourth-order valence-corrected chi connectivity index (χ4v) is 0.933. The van der Waals surface area contributed by atoms with Crippen LogP contribution in [0.4, 0.5) is 0 Å². The molecule has 0 heterocycles. The molecule has 0 spiro atoms. The molecule has 0 aromatic heterocycles. The zero-order valence-corrected chi connectivity index (χ0v) is 7.22.